The molecule has 2 aromatic rings. The lowest BCUT2D eigenvalue weighted by molar-refractivity contribution is 0.0937. The molecule has 0 bridgehead atoms. The first-order valence-electron chi connectivity index (χ1n) is 10.8. The lowest BCUT2D eigenvalue weighted by Gasteiger charge is -2.33. The van der Waals surface area contributed by atoms with Gasteiger partial charge in [-0.05, 0) is 67.6 Å². The monoisotopic (exact) mass is 425 g/mol. The second kappa shape index (κ2) is 9.52. The van der Waals surface area contributed by atoms with Gasteiger partial charge >= 0.3 is 6.03 Å². The number of carbonyl (C=O) groups excluding carboxylic acids is 2. The Bertz CT molecular complexity index is 894. The molecule has 30 heavy (non-hydrogen) atoms. The summed E-state index contributed by atoms with van der Waals surface area (Å²) in [6.45, 7) is 1.38. The van der Waals surface area contributed by atoms with Crippen molar-refractivity contribution in [2.24, 2.45) is 0 Å². The molecule has 2 N–H and O–H groups in total. The van der Waals surface area contributed by atoms with Crippen molar-refractivity contribution in [2.75, 3.05) is 18.4 Å². The van der Waals surface area contributed by atoms with Crippen LogP contribution in [0.1, 0.15) is 60.4 Å². The summed E-state index contributed by atoms with van der Waals surface area (Å²) >= 11 is 5.91. The molecule has 0 aromatic heterocycles. The SMILES string of the molecule is O=C(NC1CCCC1)c1cccc([C@@H]2CCCN(C(=O)Nc3ccc(Cl)cc3)C2)c1. The lowest BCUT2D eigenvalue weighted by Crippen LogP contribution is -2.41. The van der Waals surface area contributed by atoms with Crippen molar-refractivity contribution >= 4 is 29.2 Å². The summed E-state index contributed by atoms with van der Waals surface area (Å²) in [4.78, 5) is 27.2. The molecule has 1 aliphatic heterocycles. The highest BCUT2D eigenvalue weighted by Gasteiger charge is 2.26. The van der Waals surface area contributed by atoms with Gasteiger partial charge in [0.1, 0.15) is 0 Å². The zero-order valence-electron chi connectivity index (χ0n) is 17.1. The van der Waals surface area contributed by atoms with Gasteiger partial charge < -0.3 is 15.5 Å². The van der Waals surface area contributed by atoms with Crippen LogP contribution in [0.25, 0.3) is 0 Å². The number of nitrogens with zero attached hydrogens (tertiary/aromatic N) is 1. The van der Waals surface area contributed by atoms with Crippen LogP contribution in [-0.2, 0) is 0 Å². The standard InChI is InChI=1S/C24H28ClN3O2/c25-20-10-12-22(13-11-20)27-24(30)28-14-4-7-19(16-28)17-5-3-6-18(15-17)23(29)26-21-8-1-2-9-21/h3,5-6,10-13,15,19,21H,1-2,4,7-9,14,16H2,(H,26,29)(H,27,30)/t19-/m1/s1. The molecule has 1 saturated heterocycles. The maximum Gasteiger partial charge on any atom is 0.321 e. The van der Waals surface area contributed by atoms with Crippen molar-refractivity contribution < 1.29 is 9.59 Å². The summed E-state index contributed by atoms with van der Waals surface area (Å²) in [7, 11) is 0. The Morgan fingerprint density at radius 3 is 2.50 bits per heavy atom. The van der Waals surface area contributed by atoms with E-state index in [1.54, 1.807) is 24.3 Å². The Morgan fingerprint density at radius 1 is 0.967 bits per heavy atom. The minimum atomic E-state index is -0.0999. The molecule has 158 valence electrons. The first kappa shape index (κ1) is 20.7. The van der Waals surface area contributed by atoms with Crippen molar-refractivity contribution in [3.63, 3.8) is 0 Å². The van der Waals surface area contributed by atoms with Gasteiger partial charge in [-0.15, -0.1) is 0 Å². The van der Waals surface area contributed by atoms with Gasteiger partial charge in [0.05, 0.1) is 0 Å². The molecular formula is C24H28ClN3O2. The molecule has 1 aliphatic carbocycles. The molecule has 3 amide bonds. The molecule has 2 aliphatic rings. The fourth-order valence-electron chi connectivity index (χ4n) is 4.44. The van der Waals surface area contributed by atoms with Gasteiger partial charge in [-0.2, -0.15) is 0 Å². The number of rotatable bonds is 4. The third-order valence-electron chi connectivity index (χ3n) is 6.11. The molecule has 1 atom stereocenters. The number of hydrogen-bond donors (Lipinski definition) is 2. The van der Waals surface area contributed by atoms with E-state index >= 15 is 0 Å². The summed E-state index contributed by atoms with van der Waals surface area (Å²) in [5.74, 6) is 0.242. The predicted octanol–water partition coefficient (Wildman–Crippen LogP) is 5.42. The van der Waals surface area contributed by atoms with E-state index in [-0.39, 0.29) is 17.9 Å². The van der Waals surface area contributed by atoms with Crippen molar-refractivity contribution in [2.45, 2.75) is 50.5 Å². The number of halogens is 1. The molecule has 0 unspecified atom stereocenters. The molecule has 0 radical (unpaired) electrons. The van der Waals surface area contributed by atoms with Gasteiger partial charge in [0.2, 0.25) is 0 Å². The van der Waals surface area contributed by atoms with Crippen molar-refractivity contribution in [1.29, 1.82) is 0 Å². The van der Waals surface area contributed by atoms with E-state index in [0.717, 1.165) is 43.5 Å². The summed E-state index contributed by atoms with van der Waals surface area (Å²) in [6.07, 6.45) is 6.50. The Hall–Kier alpha value is -2.53. The smallest absolute Gasteiger partial charge is 0.321 e. The zero-order valence-corrected chi connectivity index (χ0v) is 17.8. The molecule has 2 fully saturated rings. The molecule has 6 heteroatoms. The normalized spacial score (nSPS) is 19.5. The maximum atomic E-state index is 12.7. The number of carbonyl (C=O) groups is 2. The number of benzene rings is 2. The number of likely N-dealkylation sites (tertiary alicyclic amines) is 1. The van der Waals surface area contributed by atoms with Gasteiger partial charge in [-0.25, -0.2) is 4.79 Å². The van der Waals surface area contributed by atoms with Crippen molar-refractivity contribution in [3.8, 4) is 0 Å². The molecule has 1 heterocycles. The summed E-state index contributed by atoms with van der Waals surface area (Å²) in [5, 5.41) is 6.75. The molecule has 5 nitrogen and oxygen atoms in total. The first-order chi connectivity index (χ1) is 14.6. The first-order valence-corrected chi connectivity index (χ1v) is 11.2. The largest absolute Gasteiger partial charge is 0.349 e. The highest BCUT2D eigenvalue weighted by molar-refractivity contribution is 6.30. The highest BCUT2D eigenvalue weighted by Crippen LogP contribution is 2.28. The van der Waals surface area contributed by atoms with Crippen LogP contribution < -0.4 is 10.6 Å². The Kier molecular flexibility index (Phi) is 6.58. The fraction of sp³-hybridized carbons (Fsp3) is 0.417. The van der Waals surface area contributed by atoms with E-state index < -0.39 is 0 Å². The Morgan fingerprint density at radius 2 is 1.73 bits per heavy atom. The van der Waals surface area contributed by atoms with E-state index in [1.165, 1.54) is 12.8 Å². The van der Waals surface area contributed by atoms with Gasteiger partial charge in [0.25, 0.3) is 5.91 Å². The van der Waals surface area contributed by atoms with Gasteiger partial charge in [-0.1, -0.05) is 36.6 Å². The van der Waals surface area contributed by atoms with Crippen LogP contribution in [0.5, 0.6) is 0 Å². The van der Waals surface area contributed by atoms with Crippen LogP contribution >= 0.6 is 11.6 Å². The molecule has 4 rings (SSSR count). The molecule has 0 spiro atoms. The topological polar surface area (TPSA) is 61.4 Å². The van der Waals surface area contributed by atoms with Crippen LogP contribution in [0.2, 0.25) is 5.02 Å². The van der Waals surface area contributed by atoms with Gasteiger partial charge in [0.15, 0.2) is 0 Å². The number of piperidine rings is 1. The Labute approximate surface area is 182 Å². The van der Waals surface area contributed by atoms with E-state index in [4.69, 9.17) is 11.6 Å². The average molecular weight is 426 g/mol. The van der Waals surface area contributed by atoms with Crippen molar-refractivity contribution in [1.82, 2.24) is 10.2 Å². The number of nitrogens with one attached hydrogen (secondary N) is 2. The Balaban J connectivity index is 1.39. The summed E-state index contributed by atoms with van der Waals surface area (Å²) in [6, 6.07) is 15.2. The number of amides is 3. The van der Waals surface area contributed by atoms with E-state index in [9.17, 15) is 9.59 Å². The average Bonchev–Trinajstić information content (AvgIpc) is 3.28. The highest BCUT2D eigenvalue weighted by atomic mass is 35.5. The van der Waals surface area contributed by atoms with Crippen LogP contribution in [0.4, 0.5) is 10.5 Å². The van der Waals surface area contributed by atoms with Gasteiger partial charge in [-0.3, -0.25) is 4.79 Å². The maximum absolute atomic E-state index is 12.7. The quantitative estimate of drug-likeness (QED) is 0.686. The van der Waals surface area contributed by atoms with Crippen LogP contribution in [0, 0.1) is 0 Å². The van der Waals surface area contributed by atoms with Crippen LogP contribution in [0.15, 0.2) is 48.5 Å². The minimum Gasteiger partial charge on any atom is -0.349 e. The second-order valence-electron chi connectivity index (χ2n) is 8.30. The third kappa shape index (κ3) is 5.14. The van der Waals surface area contributed by atoms with Crippen LogP contribution in [0.3, 0.4) is 0 Å². The zero-order chi connectivity index (χ0) is 20.9. The lowest BCUT2D eigenvalue weighted by atomic mass is 9.89. The molecular weight excluding hydrogens is 398 g/mol. The summed E-state index contributed by atoms with van der Waals surface area (Å²) in [5.41, 5.74) is 2.57. The fourth-order valence-corrected chi connectivity index (χ4v) is 4.57. The van der Waals surface area contributed by atoms with Gasteiger partial charge in [0, 0.05) is 41.3 Å². The third-order valence-corrected chi connectivity index (χ3v) is 6.37. The van der Waals surface area contributed by atoms with Crippen LogP contribution in [-0.4, -0.2) is 36.0 Å². The van der Waals surface area contributed by atoms with E-state index in [1.807, 2.05) is 23.1 Å². The second-order valence-corrected chi connectivity index (χ2v) is 8.74. The minimum absolute atomic E-state index is 0.0110. The number of hydrogen-bond acceptors (Lipinski definition) is 2. The van der Waals surface area contributed by atoms with E-state index in [2.05, 4.69) is 16.7 Å². The van der Waals surface area contributed by atoms with Crippen molar-refractivity contribution in [3.05, 3.63) is 64.7 Å². The number of urea groups is 1. The molecule has 1 saturated carbocycles. The number of anilines is 1. The summed E-state index contributed by atoms with van der Waals surface area (Å²) < 4.78 is 0. The van der Waals surface area contributed by atoms with E-state index in [0.29, 0.717) is 23.2 Å². The predicted molar refractivity (Wildman–Crippen MR) is 120 cm³/mol. The molecule has 2 aromatic carbocycles.